The summed E-state index contributed by atoms with van der Waals surface area (Å²) in [5, 5.41) is 6.71. The molecular formula is C19H19FN2O4S. The first-order valence-corrected chi connectivity index (χ1v) is 10.2. The van der Waals surface area contributed by atoms with Gasteiger partial charge < -0.3 is 10.2 Å². The van der Waals surface area contributed by atoms with Crippen molar-refractivity contribution in [3.8, 4) is 0 Å². The predicted molar refractivity (Wildman–Crippen MR) is 98.5 cm³/mol. The van der Waals surface area contributed by atoms with Crippen molar-refractivity contribution in [2.45, 2.75) is 30.4 Å². The summed E-state index contributed by atoms with van der Waals surface area (Å²) in [6.45, 7) is 1.79. The Morgan fingerprint density at radius 2 is 1.96 bits per heavy atom. The van der Waals surface area contributed by atoms with Gasteiger partial charge in [0.2, 0.25) is 6.10 Å². The fraction of sp³-hybridized carbons (Fsp3) is 0.263. The first kappa shape index (κ1) is 19.0. The van der Waals surface area contributed by atoms with Crippen molar-refractivity contribution >= 4 is 21.5 Å². The van der Waals surface area contributed by atoms with Gasteiger partial charge in [-0.1, -0.05) is 29.4 Å². The van der Waals surface area contributed by atoms with Gasteiger partial charge in [0.25, 0.3) is 5.91 Å². The molecule has 0 spiro atoms. The predicted octanol–water partition coefficient (Wildman–Crippen LogP) is 2.60. The SMILES string of the molecule is C[C@H](NC(=O)[C@@H]1CC(c2cccc(F)c2)=NO1)c1ccc(S(C)(=O)=O)cc1. The topological polar surface area (TPSA) is 84.8 Å². The number of rotatable bonds is 5. The number of carbonyl (C=O) groups is 1. The minimum atomic E-state index is -3.27. The van der Waals surface area contributed by atoms with Gasteiger partial charge in [-0.05, 0) is 36.8 Å². The lowest BCUT2D eigenvalue weighted by atomic mass is 10.0. The third-order valence-electron chi connectivity index (χ3n) is 4.29. The summed E-state index contributed by atoms with van der Waals surface area (Å²) < 4.78 is 36.3. The molecule has 0 radical (unpaired) electrons. The van der Waals surface area contributed by atoms with E-state index in [9.17, 15) is 17.6 Å². The first-order chi connectivity index (χ1) is 12.7. The Kier molecular flexibility index (Phi) is 5.27. The second-order valence-electron chi connectivity index (χ2n) is 6.42. The summed E-state index contributed by atoms with van der Waals surface area (Å²) in [5.74, 6) is -0.723. The van der Waals surface area contributed by atoms with E-state index in [2.05, 4.69) is 10.5 Å². The van der Waals surface area contributed by atoms with Crippen molar-refractivity contribution in [2.75, 3.05) is 6.26 Å². The van der Waals surface area contributed by atoms with Crippen LogP contribution in [-0.2, 0) is 19.5 Å². The van der Waals surface area contributed by atoms with E-state index < -0.39 is 15.9 Å². The molecule has 1 heterocycles. The largest absolute Gasteiger partial charge is 0.382 e. The van der Waals surface area contributed by atoms with E-state index in [-0.39, 0.29) is 29.1 Å². The molecule has 0 fully saturated rings. The van der Waals surface area contributed by atoms with Gasteiger partial charge in [0.15, 0.2) is 9.84 Å². The fourth-order valence-corrected chi connectivity index (χ4v) is 3.38. The van der Waals surface area contributed by atoms with Gasteiger partial charge in [-0.2, -0.15) is 0 Å². The zero-order valence-corrected chi connectivity index (χ0v) is 15.7. The van der Waals surface area contributed by atoms with Crippen LogP contribution < -0.4 is 5.32 Å². The van der Waals surface area contributed by atoms with E-state index >= 15 is 0 Å². The molecule has 0 bridgehead atoms. The van der Waals surface area contributed by atoms with Crippen LogP contribution in [0.1, 0.15) is 30.5 Å². The zero-order chi connectivity index (χ0) is 19.6. The average molecular weight is 390 g/mol. The van der Waals surface area contributed by atoms with Crippen molar-refractivity contribution < 1.29 is 22.4 Å². The molecular weight excluding hydrogens is 371 g/mol. The number of sulfone groups is 1. The number of amides is 1. The fourth-order valence-electron chi connectivity index (χ4n) is 2.75. The van der Waals surface area contributed by atoms with E-state index in [1.165, 1.54) is 24.3 Å². The molecule has 3 rings (SSSR count). The van der Waals surface area contributed by atoms with E-state index in [0.717, 1.165) is 11.8 Å². The molecule has 6 nitrogen and oxygen atoms in total. The number of oxime groups is 1. The third kappa shape index (κ3) is 4.51. The summed E-state index contributed by atoms with van der Waals surface area (Å²) in [5.41, 5.74) is 1.86. The van der Waals surface area contributed by atoms with Crippen molar-refractivity contribution in [1.29, 1.82) is 0 Å². The van der Waals surface area contributed by atoms with E-state index in [0.29, 0.717) is 11.3 Å². The van der Waals surface area contributed by atoms with Crippen LogP contribution in [0.5, 0.6) is 0 Å². The summed E-state index contributed by atoms with van der Waals surface area (Å²) in [6.07, 6.45) is 0.594. The van der Waals surface area contributed by atoms with E-state index in [1.807, 2.05) is 0 Å². The quantitative estimate of drug-likeness (QED) is 0.850. The number of nitrogens with zero attached hydrogens (tertiary/aromatic N) is 1. The molecule has 2 aromatic carbocycles. The standard InChI is InChI=1S/C19H19FN2O4S/c1-12(13-6-8-16(9-7-13)27(2,24)25)21-19(23)18-11-17(22-26-18)14-4-3-5-15(20)10-14/h3-10,12,18H,11H2,1-2H3,(H,21,23)/t12-,18-/m0/s1. The van der Waals surface area contributed by atoms with E-state index in [1.54, 1.807) is 31.2 Å². The summed E-state index contributed by atoms with van der Waals surface area (Å²) >= 11 is 0. The molecule has 1 N–H and O–H groups in total. The smallest absolute Gasteiger partial charge is 0.264 e. The maximum Gasteiger partial charge on any atom is 0.264 e. The van der Waals surface area contributed by atoms with Gasteiger partial charge in [-0.25, -0.2) is 12.8 Å². The number of hydrogen-bond acceptors (Lipinski definition) is 5. The molecule has 0 aliphatic carbocycles. The minimum absolute atomic E-state index is 0.219. The van der Waals surface area contributed by atoms with Gasteiger partial charge >= 0.3 is 0 Å². The van der Waals surface area contributed by atoms with Crippen LogP contribution in [0, 0.1) is 5.82 Å². The number of benzene rings is 2. The Morgan fingerprint density at radius 1 is 1.26 bits per heavy atom. The van der Waals surface area contributed by atoms with Gasteiger partial charge in [0.05, 0.1) is 16.6 Å². The lowest BCUT2D eigenvalue weighted by molar-refractivity contribution is -0.131. The van der Waals surface area contributed by atoms with Gasteiger partial charge in [-0.15, -0.1) is 0 Å². The number of carbonyl (C=O) groups excluding carboxylic acids is 1. The highest BCUT2D eigenvalue weighted by atomic mass is 32.2. The van der Waals surface area contributed by atoms with Crippen LogP contribution >= 0.6 is 0 Å². The number of hydrogen-bond donors (Lipinski definition) is 1. The molecule has 2 aromatic rings. The summed E-state index contributed by atoms with van der Waals surface area (Å²) in [6, 6.07) is 11.9. The highest BCUT2D eigenvalue weighted by molar-refractivity contribution is 7.90. The van der Waals surface area contributed by atoms with Crippen LogP contribution in [0.2, 0.25) is 0 Å². The minimum Gasteiger partial charge on any atom is -0.382 e. The van der Waals surface area contributed by atoms with Crippen LogP contribution in [0.4, 0.5) is 4.39 Å². The lowest BCUT2D eigenvalue weighted by Crippen LogP contribution is -2.36. The summed E-state index contributed by atoms with van der Waals surface area (Å²) in [7, 11) is -3.27. The number of nitrogens with one attached hydrogen (secondary N) is 1. The van der Waals surface area contributed by atoms with Gasteiger partial charge in [0, 0.05) is 18.2 Å². The maximum absolute atomic E-state index is 13.3. The molecule has 0 saturated carbocycles. The maximum atomic E-state index is 13.3. The lowest BCUT2D eigenvalue weighted by Gasteiger charge is -2.16. The molecule has 1 amide bonds. The van der Waals surface area contributed by atoms with E-state index in [4.69, 9.17) is 4.84 Å². The molecule has 27 heavy (non-hydrogen) atoms. The highest BCUT2D eigenvalue weighted by Gasteiger charge is 2.30. The van der Waals surface area contributed by atoms with Crippen molar-refractivity contribution in [3.63, 3.8) is 0 Å². The third-order valence-corrected chi connectivity index (χ3v) is 5.41. The second kappa shape index (κ2) is 7.48. The van der Waals surface area contributed by atoms with Crippen molar-refractivity contribution in [1.82, 2.24) is 5.32 Å². The molecule has 8 heteroatoms. The molecule has 2 atom stereocenters. The van der Waals surface area contributed by atoms with Crippen LogP contribution in [0.15, 0.2) is 58.6 Å². The Labute approximate surface area is 157 Å². The zero-order valence-electron chi connectivity index (χ0n) is 14.8. The molecule has 0 unspecified atom stereocenters. The highest BCUT2D eigenvalue weighted by Crippen LogP contribution is 2.20. The van der Waals surface area contributed by atoms with Gasteiger partial charge in [-0.3, -0.25) is 4.79 Å². The van der Waals surface area contributed by atoms with Crippen molar-refractivity contribution in [3.05, 3.63) is 65.5 Å². The molecule has 0 saturated heterocycles. The Morgan fingerprint density at radius 3 is 2.59 bits per heavy atom. The van der Waals surface area contributed by atoms with Gasteiger partial charge in [0.1, 0.15) is 5.82 Å². The average Bonchev–Trinajstić information content (AvgIpc) is 3.11. The molecule has 0 aromatic heterocycles. The molecule has 142 valence electrons. The monoisotopic (exact) mass is 390 g/mol. The first-order valence-electron chi connectivity index (χ1n) is 8.33. The second-order valence-corrected chi connectivity index (χ2v) is 8.43. The molecule has 1 aliphatic rings. The summed E-state index contributed by atoms with van der Waals surface area (Å²) in [4.78, 5) is 17.8. The van der Waals surface area contributed by atoms with Crippen molar-refractivity contribution in [2.24, 2.45) is 5.16 Å². The van der Waals surface area contributed by atoms with Crippen LogP contribution in [0.25, 0.3) is 0 Å². The Hall–Kier alpha value is -2.74. The van der Waals surface area contributed by atoms with Crippen LogP contribution in [0.3, 0.4) is 0 Å². The number of halogens is 1. The van der Waals surface area contributed by atoms with Crippen LogP contribution in [-0.4, -0.2) is 32.4 Å². The Bertz CT molecular complexity index is 987. The Balaban J connectivity index is 1.61. The molecule has 1 aliphatic heterocycles. The normalized spacial score (nSPS) is 17.7.